The Hall–Kier alpha value is -1.35. The van der Waals surface area contributed by atoms with Gasteiger partial charge in [-0.15, -0.1) is 0 Å². The van der Waals surface area contributed by atoms with Gasteiger partial charge in [0, 0.05) is 23.3 Å². The first-order valence-corrected chi connectivity index (χ1v) is 7.88. The molecule has 1 atom stereocenters. The summed E-state index contributed by atoms with van der Waals surface area (Å²) in [6.45, 7) is 2.65. The summed E-state index contributed by atoms with van der Waals surface area (Å²) in [6.07, 6.45) is 7.41. The molecular weight excluding hydrogens is 248 g/mol. The smallest absolute Gasteiger partial charge is 0.176 e. The predicted octanol–water partition coefficient (Wildman–Crippen LogP) is 3.15. The van der Waals surface area contributed by atoms with Crippen molar-refractivity contribution in [2.45, 2.75) is 57.5 Å². The van der Waals surface area contributed by atoms with Crippen LogP contribution in [-0.2, 0) is 6.42 Å². The van der Waals surface area contributed by atoms with E-state index < -0.39 is 0 Å². The third-order valence-electron chi connectivity index (χ3n) is 4.51. The lowest BCUT2D eigenvalue weighted by molar-refractivity contribution is 0.0984. The van der Waals surface area contributed by atoms with E-state index in [-0.39, 0.29) is 5.78 Å². The quantitative estimate of drug-likeness (QED) is 0.827. The summed E-state index contributed by atoms with van der Waals surface area (Å²) >= 11 is 0. The van der Waals surface area contributed by atoms with Gasteiger partial charge < -0.3 is 10.6 Å². The molecule has 1 aliphatic carbocycles. The van der Waals surface area contributed by atoms with Gasteiger partial charge in [-0.05, 0) is 49.9 Å². The average Bonchev–Trinajstić information content (AvgIpc) is 2.85. The fourth-order valence-corrected chi connectivity index (χ4v) is 3.37. The Balaban J connectivity index is 1.58. The van der Waals surface area contributed by atoms with E-state index in [2.05, 4.69) is 23.6 Å². The van der Waals surface area contributed by atoms with Crippen LogP contribution in [0.3, 0.4) is 0 Å². The molecule has 1 aliphatic heterocycles. The summed E-state index contributed by atoms with van der Waals surface area (Å²) in [4.78, 5) is 12.3. The van der Waals surface area contributed by atoms with Crippen LogP contribution in [0.5, 0.6) is 0 Å². The second-order valence-electron chi connectivity index (χ2n) is 6.26. The number of ketones is 1. The predicted molar refractivity (Wildman–Crippen MR) is 82.4 cm³/mol. The lowest BCUT2D eigenvalue weighted by Crippen LogP contribution is -2.35. The molecule has 1 heterocycles. The highest BCUT2D eigenvalue weighted by Gasteiger charge is 2.19. The molecule has 1 unspecified atom stereocenters. The Morgan fingerprint density at radius 2 is 2.10 bits per heavy atom. The molecule has 2 N–H and O–H groups in total. The summed E-state index contributed by atoms with van der Waals surface area (Å²) in [6, 6.07) is 7.09. The van der Waals surface area contributed by atoms with E-state index in [0.717, 1.165) is 12.0 Å². The molecule has 20 heavy (non-hydrogen) atoms. The van der Waals surface area contributed by atoms with Crippen LogP contribution in [0.15, 0.2) is 18.2 Å². The molecule has 3 rings (SSSR count). The third kappa shape index (κ3) is 3.04. The highest BCUT2D eigenvalue weighted by Crippen LogP contribution is 2.26. The van der Waals surface area contributed by atoms with Crippen LogP contribution in [-0.4, -0.2) is 24.4 Å². The first-order valence-electron chi connectivity index (χ1n) is 7.88. The Morgan fingerprint density at radius 3 is 2.90 bits per heavy atom. The van der Waals surface area contributed by atoms with Crippen molar-refractivity contribution in [3.05, 3.63) is 29.3 Å². The zero-order valence-corrected chi connectivity index (χ0v) is 12.2. The van der Waals surface area contributed by atoms with Gasteiger partial charge in [0.1, 0.15) is 0 Å². The monoisotopic (exact) mass is 272 g/mol. The van der Waals surface area contributed by atoms with Gasteiger partial charge in [0.05, 0.1) is 6.54 Å². The number of Topliss-reactive ketones (excluding diaryl/α,β-unsaturated/α-hetero) is 1. The van der Waals surface area contributed by atoms with E-state index >= 15 is 0 Å². The summed E-state index contributed by atoms with van der Waals surface area (Å²) < 4.78 is 0. The van der Waals surface area contributed by atoms with E-state index in [4.69, 9.17) is 0 Å². The Morgan fingerprint density at radius 1 is 1.30 bits per heavy atom. The molecule has 0 bridgehead atoms. The Bertz CT molecular complexity index is 492. The minimum Gasteiger partial charge on any atom is -0.382 e. The fourth-order valence-electron chi connectivity index (χ4n) is 3.37. The molecule has 3 nitrogen and oxygen atoms in total. The standard InChI is InChI=1S/C17H24N2O/c1-12-9-14-10-13(7-8-16(14)19-12)17(20)11-18-15-5-3-2-4-6-15/h7-8,10,12,15,18-19H,2-6,9,11H2,1H3. The average molecular weight is 272 g/mol. The highest BCUT2D eigenvalue weighted by atomic mass is 16.1. The van der Waals surface area contributed by atoms with Crippen molar-refractivity contribution in [2.75, 3.05) is 11.9 Å². The number of rotatable bonds is 4. The molecular formula is C17H24N2O. The van der Waals surface area contributed by atoms with Gasteiger partial charge in [-0.1, -0.05) is 19.3 Å². The number of benzene rings is 1. The van der Waals surface area contributed by atoms with E-state index in [9.17, 15) is 4.79 Å². The van der Waals surface area contributed by atoms with Crippen LogP contribution in [0.2, 0.25) is 0 Å². The van der Waals surface area contributed by atoms with Crippen molar-refractivity contribution >= 4 is 11.5 Å². The summed E-state index contributed by atoms with van der Waals surface area (Å²) in [7, 11) is 0. The molecule has 0 saturated heterocycles. The topological polar surface area (TPSA) is 41.1 Å². The molecule has 0 radical (unpaired) electrons. The van der Waals surface area contributed by atoms with Gasteiger partial charge in [-0.3, -0.25) is 4.79 Å². The molecule has 1 saturated carbocycles. The molecule has 0 amide bonds. The summed E-state index contributed by atoms with van der Waals surface area (Å²) in [5, 5.41) is 6.85. The van der Waals surface area contributed by atoms with Crippen molar-refractivity contribution in [1.82, 2.24) is 5.32 Å². The number of nitrogens with one attached hydrogen (secondary N) is 2. The van der Waals surface area contributed by atoms with E-state index in [1.807, 2.05) is 12.1 Å². The van der Waals surface area contributed by atoms with Crippen molar-refractivity contribution < 1.29 is 4.79 Å². The molecule has 1 aromatic rings. The Labute approximate surface area is 121 Å². The van der Waals surface area contributed by atoms with Crippen LogP contribution >= 0.6 is 0 Å². The molecule has 1 fully saturated rings. The number of carbonyl (C=O) groups excluding carboxylic acids is 1. The minimum atomic E-state index is 0.220. The first kappa shape index (κ1) is 13.6. The zero-order valence-electron chi connectivity index (χ0n) is 12.2. The molecule has 3 heteroatoms. The number of fused-ring (bicyclic) bond motifs is 1. The van der Waals surface area contributed by atoms with Crippen molar-refractivity contribution in [1.29, 1.82) is 0 Å². The van der Waals surface area contributed by atoms with Crippen LogP contribution in [0.1, 0.15) is 54.9 Å². The number of hydrogen-bond acceptors (Lipinski definition) is 3. The molecule has 0 aromatic heterocycles. The minimum absolute atomic E-state index is 0.220. The molecule has 0 spiro atoms. The maximum Gasteiger partial charge on any atom is 0.176 e. The lowest BCUT2D eigenvalue weighted by atomic mass is 9.95. The van der Waals surface area contributed by atoms with E-state index in [1.165, 1.54) is 43.4 Å². The molecule has 1 aromatic carbocycles. The van der Waals surface area contributed by atoms with Gasteiger partial charge in [0.25, 0.3) is 0 Å². The second-order valence-corrected chi connectivity index (χ2v) is 6.26. The zero-order chi connectivity index (χ0) is 13.9. The Kier molecular flexibility index (Phi) is 4.06. The van der Waals surface area contributed by atoms with Crippen LogP contribution < -0.4 is 10.6 Å². The maximum absolute atomic E-state index is 12.3. The molecule has 108 valence electrons. The van der Waals surface area contributed by atoms with Crippen molar-refractivity contribution in [2.24, 2.45) is 0 Å². The fraction of sp³-hybridized carbons (Fsp3) is 0.588. The van der Waals surface area contributed by atoms with E-state index in [0.29, 0.717) is 18.6 Å². The largest absolute Gasteiger partial charge is 0.382 e. The number of anilines is 1. The number of carbonyl (C=O) groups is 1. The van der Waals surface area contributed by atoms with Crippen molar-refractivity contribution in [3.8, 4) is 0 Å². The normalized spacial score (nSPS) is 22.4. The summed E-state index contributed by atoms with van der Waals surface area (Å²) in [5.41, 5.74) is 3.32. The van der Waals surface area contributed by atoms with Gasteiger partial charge in [0.15, 0.2) is 5.78 Å². The summed E-state index contributed by atoms with van der Waals surface area (Å²) in [5.74, 6) is 0.220. The van der Waals surface area contributed by atoms with Crippen LogP contribution in [0.25, 0.3) is 0 Å². The van der Waals surface area contributed by atoms with Gasteiger partial charge >= 0.3 is 0 Å². The number of hydrogen-bond donors (Lipinski definition) is 2. The first-order chi connectivity index (χ1) is 9.72. The van der Waals surface area contributed by atoms with Crippen LogP contribution in [0, 0.1) is 0 Å². The second kappa shape index (κ2) is 5.96. The van der Waals surface area contributed by atoms with Crippen molar-refractivity contribution in [3.63, 3.8) is 0 Å². The maximum atomic E-state index is 12.3. The lowest BCUT2D eigenvalue weighted by Gasteiger charge is -2.22. The highest BCUT2D eigenvalue weighted by molar-refractivity contribution is 5.98. The van der Waals surface area contributed by atoms with Gasteiger partial charge in [-0.25, -0.2) is 0 Å². The van der Waals surface area contributed by atoms with Gasteiger partial charge in [-0.2, -0.15) is 0 Å². The molecule has 2 aliphatic rings. The van der Waals surface area contributed by atoms with Crippen LogP contribution in [0.4, 0.5) is 5.69 Å². The van der Waals surface area contributed by atoms with E-state index in [1.54, 1.807) is 0 Å². The SMILES string of the molecule is CC1Cc2cc(C(=O)CNC3CCCCC3)ccc2N1. The third-order valence-corrected chi connectivity index (χ3v) is 4.51. The van der Waals surface area contributed by atoms with Gasteiger partial charge in [0.2, 0.25) is 0 Å².